The molecule has 0 saturated carbocycles. The van der Waals surface area contributed by atoms with Gasteiger partial charge in [-0.25, -0.2) is 13.4 Å². The summed E-state index contributed by atoms with van der Waals surface area (Å²) in [6.45, 7) is 1.66. The largest absolute Gasteiger partial charge is 0.428 e. The van der Waals surface area contributed by atoms with Gasteiger partial charge < -0.3 is 15.0 Å². The molecule has 4 rings (SSSR count). The van der Waals surface area contributed by atoms with Gasteiger partial charge in [-0.2, -0.15) is 13.2 Å². The number of aryl methyl sites for hydroxylation is 1. The van der Waals surface area contributed by atoms with Crippen molar-refractivity contribution in [3.63, 3.8) is 0 Å². The molecule has 1 atom stereocenters. The minimum Gasteiger partial charge on any atom is -0.370 e. The number of nitrogens with one attached hydrogen (secondary N) is 1. The summed E-state index contributed by atoms with van der Waals surface area (Å²) in [6.07, 6.45) is -4.00. The summed E-state index contributed by atoms with van der Waals surface area (Å²) in [7, 11) is -3.40. The molecule has 1 amide bonds. The van der Waals surface area contributed by atoms with Crippen molar-refractivity contribution in [3.05, 3.63) is 89.7 Å². The standard InChI is InChI=1S/C25H22F3N3O4S/c1-3-31-21-15-16(22(32)29-18-10-12-19(13-11-18)36(2,34)35)9-14-20(21)30-23(31)24(33,25(26,27)28)17-7-5-4-6-8-17/h4-15,33H,3H2,1-2H3,(H,29,32). The van der Waals surface area contributed by atoms with Crippen LogP contribution in [0.25, 0.3) is 11.0 Å². The quantitative estimate of drug-likeness (QED) is 0.392. The Bertz CT molecular complexity index is 1530. The molecular formula is C25H22F3N3O4S. The molecule has 1 unspecified atom stereocenters. The zero-order chi connectivity index (χ0) is 26.3. The highest BCUT2D eigenvalue weighted by molar-refractivity contribution is 7.90. The summed E-state index contributed by atoms with van der Waals surface area (Å²) in [4.78, 5) is 17.0. The van der Waals surface area contributed by atoms with Gasteiger partial charge in [0.1, 0.15) is 0 Å². The van der Waals surface area contributed by atoms with E-state index in [0.717, 1.165) is 6.26 Å². The Morgan fingerprint density at radius 1 is 1.03 bits per heavy atom. The van der Waals surface area contributed by atoms with E-state index in [2.05, 4.69) is 10.3 Å². The number of alkyl halides is 3. The number of carbonyl (C=O) groups excluding carboxylic acids is 1. The number of aromatic nitrogens is 2. The number of rotatable bonds is 6. The first kappa shape index (κ1) is 25.4. The third-order valence-electron chi connectivity index (χ3n) is 5.79. The average molecular weight is 518 g/mol. The second-order valence-electron chi connectivity index (χ2n) is 8.21. The average Bonchev–Trinajstić information content (AvgIpc) is 3.21. The predicted octanol–water partition coefficient (Wildman–Crippen LogP) is 4.51. The molecule has 0 saturated heterocycles. The van der Waals surface area contributed by atoms with Gasteiger partial charge in [-0.05, 0) is 49.4 Å². The molecule has 3 aromatic carbocycles. The highest BCUT2D eigenvalue weighted by atomic mass is 32.2. The number of carbonyl (C=O) groups is 1. The summed E-state index contributed by atoms with van der Waals surface area (Å²) in [5.74, 6) is -1.16. The highest BCUT2D eigenvalue weighted by Gasteiger charge is 2.59. The van der Waals surface area contributed by atoms with E-state index in [1.165, 1.54) is 71.3 Å². The van der Waals surface area contributed by atoms with Crippen LogP contribution in [0.15, 0.2) is 77.7 Å². The lowest BCUT2D eigenvalue weighted by Crippen LogP contribution is -2.45. The molecule has 7 nitrogen and oxygen atoms in total. The molecule has 1 heterocycles. The second-order valence-corrected chi connectivity index (χ2v) is 10.2. The Labute approximate surface area is 205 Å². The minimum absolute atomic E-state index is 0.0507. The van der Waals surface area contributed by atoms with E-state index in [9.17, 15) is 31.5 Å². The third kappa shape index (κ3) is 4.47. The van der Waals surface area contributed by atoms with Gasteiger partial charge >= 0.3 is 6.18 Å². The molecule has 36 heavy (non-hydrogen) atoms. The Morgan fingerprint density at radius 3 is 2.22 bits per heavy atom. The van der Waals surface area contributed by atoms with Crippen LogP contribution in [0.2, 0.25) is 0 Å². The summed E-state index contributed by atoms with van der Waals surface area (Å²) >= 11 is 0. The van der Waals surface area contributed by atoms with E-state index in [1.54, 1.807) is 13.0 Å². The van der Waals surface area contributed by atoms with Gasteiger partial charge in [0.2, 0.25) is 5.60 Å². The van der Waals surface area contributed by atoms with Crippen molar-refractivity contribution in [2.24, 2.45) is 0 Å². The van der Waals surface area contributed by atoms with E-state index in [4.69, 9.17) is 0 Å². The number of aliphatic hydroxyl groups is 1. The van der Waals surface area contributed by atoms with Gasteiger partial charge in [0.25, 0.3) is 5.91 Å². The molecule has 2 N–H and O–H groups in total. The molecule has 11 heteroatoms. The van der Waals surface area contributed by atoms with Gasteiger partial charge in [-0.1, -0.05) is 30.3 Å². The van der Waals surface area contributed by atoms with Crippen molar-refractivity contribution in [2.45, 2.75) is 30.1 Å². The molecule has 0 spiro atoms. The molecule has 0 aliphatic rings. The second kappa shape index (κ2) is 9.07. The van der Waals surface area contributed by atoms with E-state index < -0.39 is 33.3 Å². The van der Waals surface area contributed by atoms with Crippen molar-refractivity contribution in [1.29, 1.82) is 0 Å². The lowest BCUT2D eigenvalue weighted by atomic mass is 9.92. The number of hydrogen-bond acceptors (Lipinski definition) is 5. The Hall–Kier alpha value is -3.70. The van der Waals surface area contributed by atoms with Gasteiger partial charge in [0.15, 0.2) is 15.7 Å². The molecule has 0 bridgehead atoms. The van der Waals surface area contributed by atoms with Crippen molar-refractivity contribution in [2.75, 3.05) is 11.6 Å². The van der Waals surface area contributed by atoms with E-state index in [1.807, 2.05) is 0 Å². The summed E-state index contributed by atoms with van der Waals surface area (Å²) in [5.41, 5.74) is -2.84. The molecule has 188 valence electrons. The number of halogens is 3. The molecular weight excluding hydrogens is 495 g/mol. The van der Waals surface area contributed by atoms with E-state index in [0.29, 0.717) is 5.69 Å². The van der Waals surface area contributed by atoms with Crippen molar-refractivity contribution in [1.82, 2.24) is 9.55 Å². The monoisotopic (exact) mass is 517 g/mol. The lowest BCUT2D eigenvalue weighted by molar-refractivity contribution is -0.252. The molecule has 0 aliphatic heterocycles. The van der Waals surface area contributed by atoms with Crippen molar-refractivity contribution in [3.8, 4) is 0 Å². The normalized spacial score (nSPS) is 13.9. The zero-order valence-electron chi connectivity index (χ0n) is 19.2. The first-order valence-electron chi connectivity index (χ1n) is 10.8. The van der Waals surface area contributed by atoms with Crippen LogP contribution in [0, 0.1) is 0 Å². The summed E-state index contributed by atoms with van der Waals surface area (Å²) < 4.78 is 67.3. The maximum absolute atomic E-state index is 14.3. The third-order valence-corrected chi connectivity index (χ3v) is 6.92. The SMILES string of the molecule is CCn1c(C(O)(c2ccccc2)C(F)(F)F)nc2ccc(C(=O)Nc3ccc(S(C)(=O)=O)cc3)cc21. The molecule has 0 radical (unpaired) electrons. The highest BCUT2D eigenvalue weighted by Crippen LogP contribution is 2.44. The lowest BCUT2D eigenvalue weighted by Gasteiger charge is -2.30. The zero-order valence-corrected chi connectivity index (χ0v) is 20.1. The number of nitrogens with zero attached hydrogens (tertiary/aromatic N) is 2. The van der Waals surface area contributed by atoms with E-state index in [-0.39, 0.29) is 33.6 Å². The van der Waals surface area contributed by atoms with Gasteiger partial charge in [0.05, 0.1) is 15.9 Å². The first-order chi connectivity index (χ1) is 16.9. The van der Waals surface area contributed by atoms with Crippen molar-refractivity contribution < 1.29 is 31.5 Å². The topological polar surface area (TPSA) is 101 Å². The number of amides is 1. The maximum Gasteiger partial charge on any atom is 0.428 e. The Balaban J connectivity index is 1.75. The number of hydrogen-bond donors (Lipinski definition) is 2. The van der Waals surface area contributed by atoms with Crippen LogP contribution in [0.1, 0.15) is 28.7 Å². The summed E-state index contributed by atoms with van der Waals surface area (Å²) in [5, 5.41) is 13.7. The van der Waals surface area contributed by atoms with Gasteiger partial charge in [-0.15, -0.1) is 0 Å². The van der Waals surface area contributed by atoms with E-state index >= 15 is 0 Å². The van der Waals surface area contributed by atoms with Crippen LogP contribution in [0.4, 0.5) is 18.9 Å². The number of imidazole rings is 1. The van der Waals surface area contributed by atoms with Crippen LogP contribution in [-0.4, -0.2) is 41.4 Å². The van der Waals surface area contributed by atoms with Crippen LogP contribution in [0.3, 0.4) is 0 Å². The number of fused-ring (bicyclic) bond motifs is 1. The predicted molar refractivity (Wildman–Crippen MR) is 128 cm³/mol. The van der Waals surface area contributed by atoms with Gasteiger partial charge in [0, 0.05) is 29.6 Å². The fourth-order valence-electron chi connectivity index (χ4n) is 3.95. The molecule has 1 aromatic heterocycles. The van der Waals surface area contributed by atoms with Crippen LogP contribution >= 0.6 is 0 Å². The van der Waals surface area contributed by atoms with Crippen LogP contribution < -0.4 is 5.32 Å². The Kier molecular flexibility index (Phi) is 6.40. The van der Waals surface area contributed by atoms with Gasteiger partial charge in [-0.3, -0.25) is 4.79 Å². The molecule has 4 aromatic rings. The number of benzene rings is 3. The fourth-order valence-corrected chi connectivity index (χ4v) is 4.58. The molecule has 0 fully saturated rings. The first-order valence-corrected chi connectivity index (χ1v) is 12.7. The summed E-state index contributed by atoms with van der Waals surface area (Å²) in [6, 6.07) is 16.5. The number of sulfone groups is 1. The van der Waals surface area contributed by atoms with Crippen LogP contribution in [-0.2, 0) is 22.0 Å². The smallest absolute Gasteiger partial charge is 0.370 e. The van der Waals surface area contributed by atoms with Crippen molar-refractivity contribution >= 4 is 32.5 Å². The van der Waals surface area contributed by atoms with Crippen LogP contribution in [0.5, 0.6) is 0 Å². The maximum atomic E-state index is 14.3. The number of anilines is 1. The molecule has 0 aliphatic carbocycles. The fraction of sp³-hybridized carbons (Fsp3) is 0.200. The minimum atomic E-state index is -5.07. The Morgan fingerprint density at radius 2 is 1.67 bits per heavy atom.